The SMILES string of the molecule is C=C(C)[C@@H]1CCC(C)=C[C@@H]1c1c(O)cc(O)cc1CCc1ccc(C)cc1. The van der Waals surface area contributed by atoms with Crippen LogP contribution in [-0.4, -0.2) is 10.2 Å². The maximum absolute atomic E-state index is 10.7. The number of benzene rings is 2. The number of rotatable bonds is 5. The first-order valence-electron chi connectivity index (χ1n) is 9.78. The smallest absolute Gasteiger partial charge is 0.123 e. The van der Waals surface area contributed by atoms with Crippen LogP contribution >= 0.6 is 0 Å². The minimum Gasteiger partial charge on any atom is -0.508 e. The molecule has 3 rings (SSSR count). The Morgan fingerprint density at radius 2 is 1.78 bits per heavy atom. The molecule has 0 radical (unpaired) electrons. The van der Waals surface area contributed by atoms with E-state index in [1.165, 1.54) is 22.8 Å². The highest BCUT2D eigenvalue weighted by Gasteiger charge is 2.29. The first-order chi connectivity index (χ1) is 12.8. The van der Waals surface area contributed by atoms with Crippen molar-refractivity contribution in [3.63, 3.8) is 0 Å². The minimum atomic E-state index is 0.116. The average Bonchev–Trinajstić information content (AvgIpc) is 2.60. The summed E-state index contributed by atoms with van der Waals surface area (Å²) in [6, 6.07) is 11.8. The molecule has 2 nitrogen and oxygen atoms in total. The molecule has 2 heteroatoms. The van der Waals surface area contributed by atoms with Gasteiger partial charge in [0.1, 0.15) is 11.5 Å². The van der Waals surface area contributed by atoms with E-state index >= 15 is 0 Å². The molecule has 1 aliphatic carbocycles. The van der Waals surface area contributed by atoms with Crippen LogP contribution in [0.3, 0.4) is 0 Å². The molecule has 0 fully saturated rings. The van der Waals surface area contributed by atoms with Crippen molar-refractivity contribution >= 4 is 0 Å². The van der Waals surface area contributed by atoms with Gasteiger partial charge in [0.2, 0.25) is 0 Å². The first-order valence-corrected chi connectivity index (χ1v) is 9.78. The summed E-state index contributed by atoms with van der Waals surface area (Å²) in [7, 11) is 0. The van der Waals surface area contributed by atoms with E-state index in [0.29, 0.717) is 5.92 Å². The normalized spacial score (nSPS) is 19.6. The van der Waals surface area contributed by atoms with Gasteiger partial charge in [0.05, 0.1) is 0 Å². The maximum atomic E-state index is 10.7. The third-order valence-corrected chi connectivity index (χ3v) is 5.75. The Kier molecular flexibility index (Phi) is 5.74. The molecular formula is C25H30O2. The van der Waals surface area contributed by atoms with Gasteiger partial charge in [-0.2, -0.15) is 0 Å². The van der Waals surface area contributed by atoms with Crippen LogP contribution in [0.15, 0.2) is 60.2 Å². The summed E-state index contributed by atoms with van der Waals surface area (Å²) < 4.78 is 0. The van der Waals surface area contributed by atoms with E-state index in [1.807, 2.05) is 6.07 Å². The van der Waals surface area contributed by atoms with Crippen molar-refractivity contribution in [3.05, 3.63) is 82.5 Å². The molecule has 0 aromatic heterocycles. The van der Waals surface area contributed by atoms with Gasteiger partial charge in [-0.15, -0.1) is 0 Å². The van der Waals surface area contributed by atoms with Crippen LogP contribution in [0.1, 0.15) is 54.9 Å². The van der Waals surface area contributed by atoms with Gasteiger partial charge in [-0.1, -0.05) is 53.6 Å². The maximum Gasteiger partial charge on any atom is 0.123 e. The lowest BCUT2D eigenvalue weighted by Crippen LogP contribution is -2.18. The lowest BCUT2D eigenvalue weighted by atomic mass is 9.72. The molecule has 0 saturated heterocycles. The summed E-state index contributed by atoms with van der Waals surface area (Å²) in [6.45, 7) is 10.5. The van der Waals surface area contributed by atoms with Crippen molar-refractivity contribution < 1.29 is 10.2 Å². The molecule has 1 aliphatic rings. The molecule has 0 saturated carbocycles. The van der Waals surface area contributed by atoms with Crippen LogP contribution in [-0.2, 0) is 12.8 Å². The van der Waals surface area contributed by atoms with E-state index in [-0.39, 0.29) is 17.4 Å². The summed E-state index contributed by atoms with van der Waals surface area (Å²) in [6.07, 6.45) is 6.08. The van der Waals surface area contributed by atoms with Gasteiger partial charge in [0, 0.05) is 17.5 Å². The van der Waals surface area contributed by atoms with Crippen molar-refractivity contribution in [1.82, 2.24) is 0 Å². The monoisotopic (exact) mass is 362 g/mol. The Bertz CT molecular complexity index is 859. The van der Waals surface area contributed by atoms with E-state index in [9.17, 15) is 10.2 Å². The second-order valence-electron chi connectivity index (χ2n) is 8.05. The predicted molar refractivity (Wildman–Crippen MR) is 112 cm³/mol. The third kappa shape index (κ3) is 4.44. The standard InChI is InChI=1S/C25H30O2/c1-16(2)22-12-7-18(4)13-23(22)25-20(14-21(26)15-24(25)27)11-10-19-8-5-17(3)6-9-19/h5-6,8-9,13-15,22-23,26-27H,1,7,10-12H2,2-4H3/t22-,23-/m0/s1. The highest BCUT2D eigenvalue weighted by Crippen LogP contribution is 2.45. The molecule has 2 atom stereocenters. The Hall–Kier alpha value is -2.48. The quantitative estimate of drug-likeness (QED) is 0.621. The van der Waals surface area contributed by atoms with E-state index < -0.39 is 0 Å². The van der Waals surface area contributed by atoms with Crippen LogP contribution in [0.2, 0.25) is 0 Å². The highest BCUT2D eigenvalue weighted by atomic mass is 16.3. The fourth-order valence-electron chi connectivity index (χ4n) is 4.21. The number of allylic oxidation sites excluding steroid dienone is 3. The number of aryl methyl sites for hydroxylation is 3. The van der Waals surface area contributed by atoms with Crippen LogP contribution in [0.4, 0.5) is 0 Å². The van der Waals surface area contributed by atoms with Gasteiger partial charge in [0.25, 0.3) is 0 Å². The van der Waals surface area contributed by atoms with Gasteiger partial charge in [-0.3, -0.25) is 0 Å². The molecule has 0 spiro atoms. The molecular weight excluding hydrogens is 332 g/mol. The number of phenolic OH excluding ortho intramolecular Hbond substituents is 2. The second kappa shape index (κ2) is 8.04. The minimum absolute atomic E-state index is 0.116. The summed E-state index contributed by atoms with van der Waals surface area (Å²) in [5.74, 6) is 0.752. The van der Waals surface area contributed by atoms with Crippen LogP contribution < -0.4 is 0 Å². The van der Waals surface area contributed by atoms with E-state index in [4.69, 9.17) is 0 Å². The van der Waals surface area contributed by atoms with Crippen LogP contribution in [0, 0.1) is 12.8 Å². The number of aromatic hydroxyl groups is 2. The first kappa shape index (κ1) is 19.3. The average molecular weight is 363 g/mol. The lowest BCUT2D eigenvalue weighted by molar-refractivity contribution is 0.423. The summed E-state index contributed by atoms with van der Waals surface area (Å²) in [4.78, 5) is 0. The number of hydrogen-bond acceptors (Lipinski definition) is 2. The number of hydrogen-bond donors (Lipinski definition) is 2. The molecule has 2 aromatic rings. The molecule has 0 heterocycles. The molecule has 0 aliphatic heterocycles. The zero-order valence-electron chi connectivity index (χ0n) is 16.6. The van der Waals surface area contributed by atoms with Gasteiger partial charge in [0.15, 0.2) is 0 Å². The van der Waals surface area contributed by atoms with E-state index in [2.05, 4.69) is 57.7 Å². The second-order valence-corrected chi connectivity index (χ2v) is 8.05. The van der Waals surface area contributed by atoms with E-state index in [0.717, 1.165) is 42.4 Å². The molecule has 0 amide bonds. The van der Waals surface area contributed by atoms with Crippen molar-refractivity contribution in [3.8, 4) is 11.5 Å². The summed E-state index contributed by atoms with van der Waals surface area (Å²) in [5.41, 5.74) is 7.00. The molecule has 0 unspecified atom stereocenters. The van der Waals surface area contributed by atoms with Crippen molar-refractivity contribution in [2.75, 3.05) is 0 Å². The topological polar surface area (TPSA) is 40.5 Å². The highest BCUT2D eigenvalue weighted by molar-refractivity contribution is 5.50. The predicted octanol–water partition coefficient (Wildman–Crippen LogP) is 6.21. The third-order valence-electron chi connectivity index (χ3n) is 5.75. The number of phenols is 2. The Labute approximate surface area is 162 Å². The van der Waals surface area contributed by atoms with Crippen LogP contribution in [0.25, 0.3) is 0 Å². The van der Waals surface area contributed by atoms with Gasteiger partial charge in [-0.25, -0.2) is 0 Å². The van der Waals surface area contributed by atoms with Crippen molar-refractivity contribution in [1.29, 1.82) is 0 Å². The molecule has 27 heavy (non-hydrogen) atoms. The van der Waals surface area contributed by atoms with Gasteiger partial charge < -0.3 is 10.2 Å². The Morgan fingerprint density at radius 3 is 2.44 bits per heavy atom. The Morgan fingerprint density at radius 1 is 1.07 bits per heavy atom. The van der Waals surface area contributed by atoms with Gasteiger partial charge in [-0.05, 0) is 69.6 Å². The van der Waals surface area contributed by atoms with Crippen molar-refractivity contribution in [2.24, 2.45) is 5.92 Å². The van der Waals surface area contributed by atoms with Gasteiger partial charge >= 0.3 is 0 Å². The largest absolute Gasteiger partial charge is 0.508 e. The molecule has 2 N–H and O–H groups in total. The fourth-order valence-corrected chi connectivity index (χ4v) is 4.21. The lowest BCUT2D eigenvalue weighted by Gasteiger charge is -2.32. The fraction of sp³-hybridized carbons (Fsp3) is 0.360. The zero-order chi connectivity index (χ0) is 19.6. The zero-order valence-corrected chi connectivity index (χ0v) is 16.6. The Balaban J connectivity index is 1.97. The summed E-state index contributed by atoms with van der Waals surface area (Å²) in [5, 5.41) is 20.8. The van der Waals surface area contributed by atoms with E-state index in [1.54, 1.807) is 0 Å². The van der Waals surface area contributed by atoms with Crippen molar-refractivity contribution in [2.45, 2.75) is 52.4 Å². The summed E-state index contributed by atoms with van der Waals surface area (Å²) >= 11 is 0. The van der Waals surface area contributed by atoms with Crippen LogP contribution in [0.5, 0.6) is 11.5 Å². The molecule has 0 bridgehead atoms. The molecule has 142 valence electrons. The molecule has 2 aromatic carbocycles.